The third-order valence-electron chi connectivity index (χ3n) is 2.18. The van der Waals surface area contributed by atoms with Gasteiger partial charge in [0, 0.05) is 12.0 Å². The van der Waals surface area contributed by atoms with Gasteiger partial charge in [0.2, 0.25) is 0 Å². The fourth-order valence-electron chi connectivity index (χ4n) is 1.15. The van der Waals surface area contributed by atoms with E-state index < -0.39 is 0 Å². The summed E-state index contributed by atoms with van der Waals surface area (Å²) in [5, 5.41) is 0. The molecule has 0 aliphatic rings. The van der Waals surface area contributed by atoms with Crippen LogP contribution < -0.4 is 0 Å². The summed E-state index contributed by atoms with van der Waals surface area (Å²) in [6, 6.07) is 9.95. The minimum absolute atomic E-state index is 0.284. The van der Waals surface area contributed by atoms with Crippen molar-refractivity contribution in [2.24, 2.45) is 0 Å². The van der Waals surface area contributed by atoms with Gasteiger partial charge in [-0.1, -0.05) is 43.8 Å². The summed E-state index contributed by atoms with van der Waals surface area (Å²) >= 11 is 0. The van der Waals surface area contributed by atoms with E-state index in [1.165, 1.54) is 5.56 Å². The van der Waals surface area contributed by atoms with Crippen LogP contribution in [0.5, 0.6) is 0 Å². The minimum atomic E-state index is -0.284. The van der Waals surface area contributed by atoms with Gasteiger partial charge in [-0.2, -0.15) is 0 Å². The molecule has 1 rings (SSSR count). The van der Waals surface area contributed by atoms with E-state index in [1.807, 2.05) is 37.3 Å². The van der Waals surface area contributed by atoms with Gasteiger partial charge in [-0.05, 0) is 12.0 Å². The molecule has 2 heteroatoms. The van der Waals surface area contributed by atoms with Gasteiger partial charge < -0.3 is 4.74 Å². The van der Waals surface area contributed by atoms with Crippen molar-refractivity contribution in [1.82, 2.24) is 0 Å². The molecule has 15 heavy (non-hydrogen) atoms. The summed E-state index contributed by atoms with van der Waals surface area (Å²) in [7, 11) is 0. The fraction of sp³-hybridized carbons (Fsp3) is 0.308. The van der Waals surface area contributed by atoms with Crippen molar-refractivity contribution >= 4 is 5.97 Å². The Labute approximate surface area is 90.6 Å². The Morgan fingerprint density at radius 1 is 1.33 bits per heavy atom. The highest BCUT2D eigenvalue weighted by Crippen LogP contribution is 2.03. The second-order valence-electron chi connectivity index (χ2n) is 3.33. The first-order chi connectivity index (χ1) is 7.24. The van der Waals surface area contributed by atoms with Crippen molar-refractivity contribution in [3.8, 4) is 0 Å². The van der Waals surface area contributed by atoms with Crippen molar-refractivity contribution in [1.29, 1.82) is 0 Å². The zero-order valence-corrected chi connectivity index (χ0v) is 9.03. The van der Waals surface area contributed by atoms with Crippen molar-refractivity contribution in [3.05, 3.63) is 48.0 Å². The van der Waals surface area contributed by atoms with Crippen LogP contribution in [0.2, 0.25) is 0 Å². The van der Waals surface area contributed by atoms with Crippen LogP contribution in [0.25, 0.3) is 0 Å². The van der Waals surface area contributed by atoms with Crippen LogP contribution in [-0.2, 0) is 16.0 Å². The van der Waals surface area contributed by atoms with E-state index in [4.69, 9.17) is 4.74 Å². The molecule has 80 valence electrons. The lowest BCUT2D eigenvalue weighted by Gasteiger charge is -2.05. The molecule has 0 aromatic heterocycles. The molecular weight excluding hydrogens is 188 g/mol. The molecule has 0 saturated carbocycles. The maximum Gasteiger partial charge on any atom is 0.333 e. The van der Waals surface area contributed by atoms with E-state index in [1.54, 1.807) is 0 Å². The molecule has 0 saturated heterocycles. The molecule has 0 unspecified atom stereocenters. The summed E-state index contributed by atoms with van der Waals surface area (Å²) in [5.41, 5.74) is 1.70. The molecule has 0 amide bonds. The highest BCUT2D eigenvalue weighted by molar-refractivity contribution is 5.87. The lowest BCUT2D eigenvalue weighted by Crippen LogP contribution is -2.09. The Morgan fingerprint density at radius 3 is 2.60 bits per heavy atom. The van der Waals surface area contributed by atoms with Crippen LogP contribution in [0, 0.1) is 0 Å². The number of hydrogen-bond donors (Lipinski definition) is 0. The average Bonchev–Trinajstić information content (AvgIpc) is 2.29. The van der Waals surface area contributed by atoms with E-state index in [2.05, 4.69) is 6.58 Å². The topological polar surface area (TPSA) is 26.3 Å². The zero-order chi connectivity index (χ0) is 11.1. The highest BCUT2D eigenvalue weighted by atomic mass is 16.5. The molecule has 0 N–H and O–H groups in total. The van der Waals surface area contributed by atoms with Crippen LogP contribution in [0.4, 0.5) is 0 Å². The Kier molecular flexibility index (Phi) is 4.61. The lowest BCUT2D eigenvalue weighted by atomic mass is 10.2. The number of benzene rings is 1. The number of hydrogen-bond acceptors (Lipinski definition) is 2. The number of carbonyl (C=O) groups is 1. The third-order valence-corrected chi connectivity index (χ3v) is 2.18. The van der Waals surface area contributed by atoms with E-state index in [9.17, 15) is 4.79 Å². The number of rotatable bonds is 5. The molecule has 0 heterocycles. The number of ether oxygens (including phenoxy) is 1. The van der Waals surface area contributed by atoms with E-state index >= 15 is 0 Å². The van der Waals surface area contributed by atoms with E-state index in [0.29, 0.717) is 18.6 Å². The molecule has 0 bridgehead atoms. The van der Waals surface area contributed by atoms with Gasteiger partial charge in [0.05, 0.1) is 6.61 Å². The monoisotopic (exact) mass is 204 g/mol. The summed E-state index contributed by atoms with van der Waals surface area (Å²) in [6.45, 7) is 5.93. The van der Waals surface area contributed by atoms with Crippen LogP contribution in [-0.4, -0.2) is 12.6 Å². The normalized spacial score (nSPS) is 9.67. The smallest absolute Gasteiger partial charge is 0.333 e. The standard InChI is InChI=1S/C13H16O2/c1-3-11(2)13(14)15-10-9-12-7-5-4-6-8-12/h4-8H,2-3,9-10H2,1H3. The Balaban J connectivity index is 2.28. The van der Waals surface area contributed by atoms with Crippen LogP contribution in [0.1, 0.15) is 18.9 Å². The molecule has 1 aromatic carbocycles. The van der Waals surface area contributed by atoms with Gasteiger partial charge in [-0.3, -0.25) is 0 Å². The van der Waals surface area contributed by atoms with E-state index in [0.717, 1.165) is 6.42 Å². The zero-order valence-electron chi connectivity index (χ0n) is 9.03. The van der Waals surface area contributed by atoms with Crippen LogP contribution >= 0.6 is 0 Å². The Hall–Kier alpha value is -1.57. The summed E-state index contributed by atoms with van der Waals surface area (Å²) in [5.74, 6) is -0.284. The van der Waals surface area contributed by atoms with Gasteiger partial charge >= 0.3 is 5.97 Å². The van der Waals surface area contributed by atoms with Gasteiger partial charge in [-0.25, -0.2) is 4.79 Å². The van der Waals surface area contributed by atoms with Crippen molar-refractivity contribution in [2.75, 3.05) is 6.61 Å². The van der Waals surface area contributed by atoms with Crippen molar-refractivity contribution in [3.63, 3.8) is 0 Å². The Morgan fingerprint density at radius 2 is 2.00 bits per heavy atom. The van der Waals surface area contributed by atoms with Crippen LogP contribution in [0.3, 0.4) is 0 Å². The largest absolute Gasteiger partial charge is 0.462 e. The number of carbonyl (C=O) groups excluding carboxylic acids is 1. The van der Waals surface area contributed by atoms with Gasteiger partial charge in [-0.15, -0.1) is 0 Å². The molecule has 0 fully saturated rings. The van der Waals surface area contributed by atoms with Crippen molar-refractivity contribution in [2.45, 2.75) is 19.8 Å². The first kappa shape index (κ1) is 11.5. The maximum atomic E-state index is 11.2. The second-order valence-corrected chi connectivity index (χ2v) is 3.33. The third kappa shape index (κ3) is 3.98. The van der Waals surface area contributed by atoms with Crippen LogP contribution in [0.15, 0.2) is 42.5 Å². The molecule has 0 aliphatic heterocycles. The second kappa shape index (κ2) is 6.02. The SMILES string of the molecule is C=C(CC)C(=O)OCCc1ccccc1. The summed E-state index contributed by atoms with van der Waals surface area (Å²) in [4.78, 5) is 11.2. The maximum absolute atomic E-state index is 11.2. The summed E-state index contributed by atoms with van der Waals surface area (Å²) < 4.78 is 5.06. The molecule has 0 atom stereocenters. The summed E-state index contributed by atoms with van der Waals surface area (Å²) in [6.07, 6.45) is 1.40. The predicted molar refractivity (Wildman–Crippen MR) is 60.5 cm³/mol. The Bertz CT molecular complexity index is 328. The van der Waals surface area contributed by atoms with Crippen molar-refractivity contribution < 1.29 is 9.53 Å². The fourth-order valence-corrected chi connectivity index (χ4v) is 1.15. The predicted octanol–water partition coefficient (Wildman–Crippen LogP) is 2.74. The first-order valence-electron chi connectivity index (χ1n) is 5.13. The van der Waals surface area contributed by atoms with Gasteiger partial charge in [0.15, 0.2) is 0 Å². The van der Waals surface area contributed by atoms with Gasteiger partial charge in [0.25, 0.3) is 0 Å². The first-order valence-corrected chi connectivity index (χ1v) is 5.13. The molecule has 0 aliphatic carbocycles. The molecular formula is C13H16O2. The quantitative estimate of drug-likeness (QED) is 0.544. The molecule has 0 radical (unpaired) electrons. The highest BCUT2D eigenvalue weighted by Gasteiger charge is 2.05. The molecule has 0 spiro atoms. The average molecular weight is 204 g/mol. The van der Waals surface area contributed by atoms with Gasteiger partial charge in [0.1, 0.15) is 0 Å². The minimum Gasteiger partial charge on any atom is -0.462 e. The van der Waals surface area contributed by atoms with E-state index in [-0.39, 0.29) is 5.97 Å². The molecule has 1 aromatic rings. The lowest BCUT2D eigenvalue weighted by molar-refractivity contribution is -0.139. The number of esters is 1. The molecule has 2 nitrogen and oxygen atoms in total.